The first-order valence-electron chi connectivity index (χ1n) is 7.01. The van der Waals surface area contributed by atoms with Gasteiger partial charge in [0.05, 0.1) is 17.1 Å². The van der Waals surface area contributed by atoms with Gasteiger partial charge >= 0.3 is 0 Å². The van der Waals surface area contributed by atoms with Crippen LogP contribution in [0.25, 0.3) is 0 Å². The smallest absolute Gasteiger partial charge is 0.266 e. The number of hydrogen-bond donors (Lipinski definition) is 1. The number of hydrogen-bond acceptors (Lipinski definition) is 5. The maximum Gasteiger partial charge on any atom is 0.266 e. The molecule has 2 aromatic rings. The standard InChI is InChI=1S/C14H17N3O3S2/c1-9(10-3-4-10)17-12(7-8-15-17)16-14(18)11-5-6-13(21-11)22(2,19)20/h5-10H,3-4H2,1-2H3,(H,16,18). The van der Waals surface area contributed by atoms with E-state index >= 15 is 0 Å². The van der Waals surface area contributed by atoms with Gasteiger partial charge in [0.2, 0.25) is 0 Å². The van der Waals surface area contributed by atoms with Crippen molar-refractivity contribution < 1.29 is 13.2 Å². The molecule has 2 aromatic heterocycles. The molecule has 0 saturated heterocycles. The van der Waals surface area contributed by atoms with E-state index in [9.17, 15) is 13.2 Å². The lowest BCUT2D eigenvalue weighted by Gasteiger charge is -2.15. The molecular formula is C14H17N3O3S2. The number of anilines is 1. The quantitative estimate of drug-likeness (QED) is 0.908. The summed E-state index contributed by atoms with van der Waals surface area (Å²) in [5.41, 5.74) is 0. The Morgan fingerprint density at radius 1 is 1.41 bits per heavy atom. The van der Waals surface area contributed by atoms with E-state index in [4.69, 9.17) is 0 Å². The zero-order valence-electron chi connectivity index (χ0n) is 12.3. The average Bonchev–Trinajstić information content (AvgIpc) is 2.99. The van der Waals surface area contributed by atoms with Gasteiger partial charge in [-0.05, 0) is 37.8 Å². The van der Waals surface area contributed by atoms with Crippen LogP contribution in [-0.4, -0.2) is 30.4 Å². The van der Waals surface area contributed by atoms with Crippen molar-refractivity contribution in [3.63, 3.8) is 0 Å². The highest BCUT2D eigenvalue weighted by molar-refractivity contribution is 7.92. The zero-order valence-corrected chi connectivity index (χ0v) is 13.9. The van der Waals surface area contributed by atoms with E-state index in [1.807, 2.05) is 4.68 Å². The minimum Gasteiger partial charge on any atom is -0.306 e. The van der Waals surface area contributed by atoms with Gasteiger partial charge in [-0.25, -0.2) is 13.1 Å². The first-order valence-corrected chi connectivity index (χ1v) is 9.72. The van der Waals surface area contributed by atoms with Gasteiger partial charge in [-0.1, -0.05) is 0 Å². The molecule has 1 N–H and O–H groups in total. The largest absolute Gasteiger partial charge is 0.306 e. The van der Waals surface area contributed by atoms with Gasteiger partial charge in [0.25, 0.3) is 5.91 Å². The van der Waals surface area contributed by atoms with Crippen molar-refractivity contribution >= 4 is 32.9 Å². The van der Waals surface area contributed by atoms with Gasteiger partial charge in [0.1, 0.15) is 10.0 Å². The Morgan fingerprint density at radius 3 is 2.73 bits per heavy atom. The van der Waals surface area contributed by atoms with E-state index in [1.54, 1.807) is 12.3 Å². The van der Waals surface area contributed by atoms with Crippen LogP contribution in [0.15, 0.2) is 28.6 Å². The first-order chi connectivity index (χ1) is 10.4. The number of rotatable bonds is 5. The van der Waals surface area contributed by atoms with Crippen molar-refractivity contribution in [1.29, 1.82) is 0 Å². The molecule has 0 aromatic carbocycles. The molecule has 1 atom stereocenters. The summed E-state index contributed by atoms with van der Waals surface area (Å²) in [5.74, 6) is 0.942. The minimum atomic E-state index is -3.28. The molecule has 0 bridgehead atoms. The second-order valence-electron chi connectivity index (χ2n) is 5.58. The van der Waals surface area contributed by atoms with E-state index in [0.29, 0.717) is 16.6 Å². The molecule has 1 aliphatic carbocycles. The van der Waals surface area contributed by atoms with Gasteiger partial charge in [-0.3, -0.25) is 4.79 Å². The number of carbonyl (C=O) groups is 1. The SMILES string of the molecule is CC(C1CC1)n1nccc1NC(=O)c1ccc(S(C)(=O)=O)s1. The molecule has 6 nitrogen and oxygen atoms in total. The fourth-order valence-corrected chi connectivity index (χ4v) is 4.16. The van der Waals surface area contributed by atoms with Crippen molar-refractivity contribution in [2.75, 3.05) is 11.6 Å². The van der Waals surface area contributed by atoms with Crippen LogP contribution < -0.4 is 5.32 Å². The third kappa shape index (κ3) is 3.07. The summed E-state index contributed by atoms with van der Waals surface area (Å²) in [6, 6.07) is 4.99. The van der Waals surface area contributed by atoms with E-state index in [2.05, 4.69) is 17.3 Å². The third-order valence-corrected chi connectivity index (χ3v) is 6.68. The number of nitrogens with zero attached hydrogens (tertiary/aromatic N) is 2. The summed E-state index contributed by atoms with van der Waals surface area (Å²) >= 11 is 0.973. The first kappa shape index (κ1) is 15.2. The average molecular weight is 339 g/mol. The number of aromatic nitrogens is 2. The van der Waals surface area contributed by atoms with Crippen LogP contribution in [0.4, 0.5) is 5.82 Å². The Balaban J connectivity index is 1.77. The Morgan fingerprint density at radius 2 is 2.14 bits per heavy atom. The summed E-state index contributed by atoms with van der Waals surface area (Å²) in [5, 5.41) is 7.09. The lowest BCUT2D eigenvalue weighted by Crippen LogP contribution is -2.17. The van der Waals surface area contributed by atoms with Gasteiger partial charge in [-0.2, -0.15) is 5.10 Å². The monoisotopic (exact) mass is 339 g/mol. The molecule has 22 heavy (non-hydrogen) atoms. The Bertz CT molecular complexity index is 803. The second-order valence-corrected chi connectivity index (χ2v) is 8.91. The molecule has 1 aliphatic rings. The Labute approximate surface area is 133 Å². The molecule has 118 valence electrons. The Hall–Kier alpha value is -1.67. The third-order valence-electron chi connectivity index (χ3n) is 3.77. The number of carbonyl (C=O) groups excluding carboxylic acids is 1. The normalized spacial score (nSPS) is 16.5. The van der Waals surface area contributed by atoms with Crippen molar-refractivity contribution in [1.82, 2.24) is 9.78 Å². The maximum atomic E-state index is 12.3. The van der Waals surface area contributed by atoms with Crippen molar-refractivity contribution in [2.24, 2.45) is 5.92 Å². The van der Waals surface area contributed by atoms with Crippen molar-refractivity contribution in [2.45, 2.75) is 30.0 Å². The van der Waals surface area contributed by atoms with Crippen LogP contribution in [0.1, 0.15) is 35.5 Å². The lowest BCUT2D eigenvalue weighted by molar-refractivity contribution is 0.102. The molecule has 8 heteroatoms. The van der Waals surface area contributed by atoms with Crippen LogP contribution >= 0.6 is 11.3 Å². The number of thiophene rings is 1. The minimum absolute atomic E-state index is 0.192. The predicted octanol–water partition coefficient (Wildman–Crippen LogP) is 2.57. The van der Waals surface area contributed by atoms with Gasteiger partial charge in [0.15, 0.2) is 9.84 Å². The summed E-state index contributed by atoms with van der Waals surface area (Å²) in [6.07, 6.45) is 5.17. The molecule has 0 aliphatic heterocycles. The Kier molecular flexibility index (Phi) is 3.82. The molecule has 1 amide bonds. The topological polar surface area (TPSA) is 81.1 Å². The predicted molar refractivity (Wildman–Crippen MR) is 85.0 cm³/mol. The fraction of sp³-hybridized carbons (Fsp3) is 0.429. The maximum absolute atomic E-state index is 12.3. The van der Waals surface area contributed by atoms with Crippen LogP contribution in [0, 0.1) is 5.92 Å². The molecule has 1 unspecified atom stereocenters. The molecule has 1 saturated carbocycles. The fourth-order valence-electron chi connectivity index (χ4n) is 2.34. The van der Waals surface area contributed by atoms with E-state index in [0.717, 1.165) is 17.6 Å². The van der Waals surface area contributed by atoms with Crippen LogP contribution in [0.3, 0.4) is 0 Å². The molecule has 2 heterocycles. The van der Waals surface area contributed by atoms with E-state index in [-0.39, 0.29) is 16.2 Å². The van der Waals surface area contributed by atoms with Crippen molar-refractivity contribution in [3.8, 4) is 0 Å². The lowest BCUT2D eigenvalue weighted by atomic mass is 10.2. The van der Waals surface area contributed by atoms with Gasteiger partial charge < -0.3 is 5.32 Å². The van der Waals surface area contributed by atoms with Gasteiger partial charge in [-0.15, -0.1) is 11.3 Å². The molecule has 1 fully saturated rings. The van der Waals surface area contributed by atoms with Crippen LogP contribution in [0.2, 0.25) is 0 Å². The van der Waals surface area contributed by atoms with Crippen LogP contribution in [-0.2, 0) is 9.84 Å². The molecular weight excluding hydrogens is 322 g/mol. The molecule has 0 spiro atoms. The highest BCUT2D eigenvalue weighted by Crippen LogP contribution is 2.40. The molecule has 3 rings (SSSR count). The van der Waals surface area contributed by atoms with Crippen molar-refractivity contribution in [3.05, 3.63) is 29.3 Å². The highest BCUT2D eigenvalue weighted by atomic mass is 32.2. The van der Waals surface area contributed by atoms with Gasteiger partial charge in [0, 0.05) is 12.3 Å². The summed E-state index contributed by atoms with van der Waals surface area (Å²) in [4.78, 5) is 12.6. The van der Waals surface area contributed by atoms with E-state index < -0.39 is 9.84 Å². The summed E-state index contributed by atoms with van der Waals surface area (Å²) in [6.45, 7) is 2.09. The number of amides is 1. The van der Waals surface area contributed by atoms with E-state index in [1.165, 1.54) is 25.0 Å². The molecule has 0 radical (unpaired) electrons. The number of nitrogens with one attached hydrogen (secondary N) is 1. The summed E-state index contributed by atoms with van der Waals surface area (Å²) < 4.78 is 25.0. The van der Waals surface area contributed by atoms with Crippen LogP contribution in [0.5, 0.6) is 0 Å². The second kappa shape index (κ2) is 5.51. The number of sulfone groups is 1. The summed E-state index contributed by atoms with van der Waals surface area (Å²) in [7, 11) is -3.28. The zero-order chi connectivity index (χ0) is 15.9. The highest BCUT2D eigenvalue weighted by Gasteiger charge is 2.31.